The van der Waals surface area contributed by atoms with E-state index in [4.69, 9.17) is 6.42 Å². The number of aliphatic hydroxyl groups is 1. The lowest BCUT2D eigenvalue weighted by molar-refractivity contribution is 0.0946. The third kappa shape index (κ3) is 7.62. The molecule has 0 spiro atoms. The zero-order valence-electron chi connectivity index (χ0n) is 12.0. The van der Waals surface area contributed by atoms with Gasteiger partial charge in [0.25, 0.3) is 0 Å². The summed E-state index contributed by atoms with van der Waals surface area (Å²) in [6.45, 7) is 6.74. The van der Waals surface area contributed by atoms with Crippen molar-refractivity contribution in [1.29, 1.82) is 0 Å². The summed E-state index contributed by atoms with van der Waals surface area (Å²) in [5.41, 5.74) is 0. The molecule has 0 saturated carbocycles. The van der Waals surface area contributed by atoms with Crippen LogP contribution in [0.5, 0.6) is 0 Å². The highest BCUT2D eigenvalue weighted by Gasteiger charge is 2.30. The van der Waals surface area contributed by atoms with Gasteiger partial charge in [-0.2, -0.15) is 0 Å². The van der Waals surface area contributed by atoms with Gasteiger partial charge in [0, 0.05) is 6.42 Å². The van der Waals surface area contributed by atoms with Gasteiger partial charge in [0.1, 0.15) is 0 Å². The summed E-state index contributed by atoms with van der Waals surface area (Å²) in [5.74, 6) is 2.68. The molecule has 1 nitrogen and oxygen atoms in total. The molecule has 0 rings (SSSR count). The van der Waals surface area contributed by atoms with Crippen molar-refractivity contribution in [2.45, 2.75) is 83.0 Å². The molecule has 1 atom stereocenters. The molecule has 1 unspecified atom stereocenters. The quantitative estimate of drug-likeness (QED) is 0.356. The lowest BCUT2D eigenvalue weighted by Gasteiger charge is -2.31. The molecule has 0 aliphatic rings. The van der Waals surface area contributed by atoms with Crippen LogP contribution in [0.3, 0.4) is 0 Å². The average Bonchev–Trinajstić information content (AvgIpc) is 2.31. The van der Waals surface area contributed by atoms with Crippen molar-refractivity contribution in [3.05, 3.63) is 0 Å². The first-order chi connectivity index (χ1) is 8.06. The van der Waals surface area contributed by atoms with E-state index in [1.165, 1.54) is 25.7 Å². The minimum absolute atomic E-state index is 0.303. The molecule has 0 bridgehead atoms. The second-order valence-electron chi connectivity index (χ2n) is 5.48. The maximum absolute atomic E-state index is 10.7. The first kappa shape index (κ1) is 16.7. The van der Waals surface area contributed by atoms with Gasteiger partial charge in [-0.25, -0.2) is 0 Å². The van der Waals surface area contributed by atoms with E-state index in [9.17, 15) is 5.11 Å². The largest absolute Gasteiger partial charge is 0.394 e. The molecule has 0 aliphatic heterocycles. The smallest absolute Gasteiger partial charge is 0.0691 e. The Morgan fingerprint density at radius 1 is 1.06 bits per heavy atom. The molecule has 1 N–H and O–H groups in total. The predicted molar refractivity (Wildman–Crippen MR) is 79.9 cm³/mol. The van der Waals surface area contributed by atoms with Crippen LogP contribution in [0.15, 0.2) is 0 Å². The van der Waals surface area contributed by atoms with Gasteiger partial charge in [0.05, 0.1) is 14.0 Å². The number of unbranched alkanes of at least 4 members (excludes halogenated alkanes) is 5. The second-order valence-corrected chi connectivity index (χ2v) is 8.86. The van der Waals surface area contributed by atoms with E-state index in [2.05, 4.69) is 25.9 Å². The molecule has 100 valence electrons. The lowest BCUT2D eigenvalue weighted by atomic mass is 10.0. The van der Waals surface area contributed by atoms with E-state index in [0.717, 1.165) is 32.1 Å². The molecule has 2 heteroatoms. The summed E-state index contributed by atoms with van der Waals surface area (Å²) in [6.07, 6.45) is 15.2. The summed E-state index contributed by atoms with van der Waals surface area (Å²) in [4.78, 5) is 0. The van der Waals surface area contributed by atoms with Crippen molar-refractivity contribution in [2.75, 3.05) is 0 Å². The number of hydrogen-bond acceptors (Lipinski definition) is 1. The van der Waals surface area contributed by atoms with Gasteiger partial charge >= 0.3 is 0 Å². The first-order valence-electron chi connectivity index (χ1n) is 7.22. The molecular weight excluding hydrogens is 224 g/mol. The molecule has 0 amide bonds. The fraction of sp³-hybridized carbons (Fsp3) is 0.867. The van der Waals surface area contributed by atoms with E-state index >= 15 is 0 Å². The highest BCUT2D eigenvalue weighted by molar-refractivity contribution is 6.59. The molecule has 0 radical (unpaired) electrons. The van der Waals surface area contributed by atoms with E-state index < -0.39 is 8.80 Å². The topological polar surface area (TPSA) is 20.2 Å². The van der Waals surface area contributed by atoms with Crippen LogP contribution in [0, 0.1) is 12.3 Å². The van der Waals surface area contributed by atoms with Crippen molar-refractivity contribution >= 4 is 8.80 Å². The molecule has 0 aromatic carbocycles. The molecule has 17 heavy (non-hydrogen) atoms. The van der Waals surface area contributed by atoms with Gasteiger partial charge in [0.2, 0.25) is 0 Å². The third-order valence-corrected chi connectivity index (χ3v) is 6.45. The fourth-order valence-corrected chi connectivity index (χ4v) is 3.76. The molecule has 0 fully saturated rings. The van der Waals surface area contributed by atoms with E-state index in [0.29, 0.717) is 0 Å². The molecule has 0 saturated heterocycles. The number of terminal acetylenes is 1. The summed E-state index contributed by atoms with van der Waals surface area (Å²) < 4.78 is 0. The second kappa shape index (κ2) is 9.73. The van der Waals surface area contributed by atoms with Crippen molar-refractivity contribution in [1.82, 2.24) is 0 Å². The van der Waals surface area contributed by atoms with Gasteiger partial charge in [-0.3, -0.25) is 0 Å². The van der Waals surface area contributed by atoms with Crippen LogP contribution < -0.4 is 0 Å². The highest BCUT2D eigenvalue weighted by atomic mass is 28.3. The first-order valence-corrected chi connectivity index (χ1v) is 10.1. The standard InChI is InChI=1S/C15H30OSi/c1-5-7-9-10-11-12-14-15(16,17(3)4)13-8-6-2/h1,16-17H,6-14H2,2-4H3. The Morgan fingerprint density at radius 2 is 1.65 bits per heavy atom. The van der Waals surface area contributed by atoms with Gasteiger partial charge in [0.15, 0.2) is 0 Å². The summed E-state index contributed by atoms with van der Waals surface area (Å²) in [6, 6.07) is 0. The maximum Gasteiger partial charge on any atom is 0.0691 e. The molecule has 0 aromatic heterocycles. The van der Waals surface area contributed by atoms with Crippen LogP contribution in [0.2, 0.25) is 13.1 Å². The fourth-order valence-electron chi connectivity index (χ4n) is 2.20. The zero-order valence-corrected chi connectivity index (χ0v) is 13.1. The Balaban J connectivity index is 3.81. The van der Waals surface area contributed by atoms with Gasteiger partial charge in [-0.1, -0.05) is 52.1 Å². The van der Waals surface area contributed by atoms with Gasteiger partial charge < -0.3 is 5.11 Å². The molecule has 0 heterocycles. The Hall–Kier alpha value is -0.263. The Labute approximate surface area is 110 Å². The van der Waals surface area contributed by atoms with Crippen LogP contribution >= 0.6 is 0 Å². The normalized spacial score (nSPS) is 14.6. The van der Waals surface area contributed by atoms with E-state index in [1.54, 1.807) is 0 Å². The van der Waals surface area contributed by atoms with Crippen LogP contribution in [0.1, 0.15) is 64.7 Å². The zero-order chi connectivity index (χ0) is 13.1. The monoisotopic (exact) mass is 254 g/mol. The minimum Gasteiger partial charge on any atom is -0.394 e. The van der Waals surface area contributed by atoms with Crippen LogP contribution in [-0.2, 0) is 0 Å². The van der Waals surface area contributed by atoms with Crippen molar-refractivity contribution in [3.8, 4) is 12.3 Å². The molecule has 0 aliphatic carbocycles. The van der Waals surface area contributed by atoms with Crippen LogP contribution in [0.4, 0.5) is 0 Å². The lowest BCUT2D eigenvalue weighted by Crippen LogP contribution is -2.42. The summed E-state index contributed by atoms with van der Waals surface area (Å²) >= 11 is 0. The van der Waals surface area contributed by atoms with Crippen LogP contribution in [-0.4, -0.2) is 19.1 Å². The van der Waals surface area contributed by atoms with Crippen molar-refractivity contribution in [2.24, 2.45) is 0 Å². The SMILES string of the molecule is C#CCCCCCCC(O)(CCCC)[SiH](C)C. The summed E-state index contributed by atoms with van der Waals surface area (Å²) in [7, 11) is -0.974. The Bertz CT molecular complexity index is 219. The van der Waals surface area contributed by atoms with Crippen LogP contribution in [0.25, 0.3) is 0 Å². The van der Waals surface area contributed by atoms with E-state index in [1.807, 2.05) is 0 Å². The maximum atomic E-state index is 10.7. The predicted octanol–water partition coefficient (Wildman–Crippen LogP) is 3.91. The Kier molecular flexibility index (Phi) is 9.58. The van der Waals surface area contributed by atoms with Gasteiger partial charge in [-0.15, -0.1) is 12.3 Å². The molecular formula is C15H30OSi. The minimum atomic E-state index is -0.974. The van der Waals surface area contributed by atoms with E-state index in [-0.39, 0.29) is 5.22 Å². The summed E-state index contributed by atoms with van der Waals surface area (Å²) in [5, 5.41) is 10.3. The Morgan fingerprint density at radius 3 is 2.18 bits per heavy atom. The van der Waals surface area contributed by atoms with Gasteiger partial charge in [-0.05, 0) is 19.3 Å². The van der Waals surface area contributed by atoms with Crippen molar-refractivity contribution < 1.29 is 5.11 Å². The van der Waals surface area contributed by atoms with Crippen molar-refractivity contribution in [3.63, 3.8) is 0 Å². The highest BCUT2D eigenvalue weighted by Crippen LogP contribution is 2.25. The molecule has 0 aromatic rings. The number of rotatable bonds is 10. The number of hydrogen-bond donors (Lipinski definition) is 1. The third-order valence-electron chi connectivity index (χ3n) is 3.72. The average molecular weight is 254 g/mol.